The minimum absolute atomic E-state index is 0.0857. The number of amides is 2. The van der Waals surface area contributed by atoms with E-state index in [9.17, 15) is 9.59 Å². The van der Waals surface area contributed by atoms with E-state index in [4.69, 9.17) is 4.74 Å². The highest BCUT2D eigenvalue weighted by Gasteiger charge is 2.29. The summed E-state index contributed by atoms with van der Waals surface area (Å²) in [6.45, 7) is 5.70. The van der Waals surface area contributed by atoms with Gasteiger partial charge in [-0.05, 0) is 37.6 Å². The molecule has 1 fully saturated rings. The quantitative estimate of drug-likeness (QED) is 0.891. The van der Waals surface area contributed by atoms with Crippen molar-refractivity contribution >= 4 is 11.8 Å². The highest BCUT2D eigenvalue weighted by Crippen LogP contribution is 2.14. The predicted molar refractivity (Wildman–Crippen MR) is 97.0 cm³/mol. The number of carbonyl (C=O) groups is 2. The van der Waals surface area contributed by atoms with Gasteiger partial charge >= 0.3 is 0 Å². The fourth-order valence-corrected chi connectivity index (χ4v) is 3.15. The molecule has 0 aliphatic carbocycles. The van der Waals surface area contributed by atoms with Crippen molar-refractivity contribution in [3.63, 3.8) is 0 Å². The molecule has 1 N–H and O–H groups in total. The van der Waals surface area contributed by atoms with Crippen molar-refractivity contribution in [2.75, 3.05) is 26.7 Å². The van der Waals surface area contributed by atoms with Crippen molar-refractivity contribution in [1.82, 2.24) is 20.0 Å². The molecular weight excluding hydrogens is 332 g/mol. The van der Waals surface area contributed by atoms with Gasteiger partial charge in [-0.3, -0.25) is 14.3 Å². The van der Waals surface area contributed by atoms with Crippen LogP contribution in [0.4, 0.5) is 0 Å². The average Bonchev–Trinajstić information content (AvgIpc) is 2.97. The molecule has 0 spiro atoms. The van der Waals surface area contributed by atoms with Gasteiger partial charge in [0.25, 0.3) is 11.8 Å². The third kappa shape index (κ3) is 3.94. The zero-order valence-electron chi connectivity index (χ0n) is 15.4. The van der Waals surface area contributed by atoms with Gasteiger partial charge in [-0.2, -0.15) is 5.10 Å². The van der Waals surface area contributed by atoms with Gasteiger partial charge in [0, 0.05) is 24.8 Å². The largest absolute Gasteiger partial charge is 0.365 e. The normalized spacial score (nSPS) is 17.2. The molecule has 3 rings (SSSR count). The number of morpholine rings is 1. The van der Waals surface area contributed by atoms with Gasteiger partial charge in [0.15, 0.2) is 6.10 Å². The van der Waals surface area contributed by atoms with Crippen LogP contribution in [0.25, 0.3) is 0 Å². The van der Waals surface area contributed by atoms with Crippen molar-refractivity contribution in [1.29, 1.82) is 0 Å². The second-order valence-electron chi connectivity index (χ2n) is 6.51. The highest BCUT2D eigenvalue weighted by molar-refractivity contribution is 5.95. The van der Waals surface area contributed by atoms with Crippen LogP contribution >= 0.6 is 0 Å². The van der Waals surface area contributed by atoms with E-state index in [0.717, 1.165) is 17.0 Å². The maximum absolute atomic E-state index is 12.8. The van der Waals surface area contributed by atoms with Crippen molar-refractivity contribution < 1.29 is 14.3 Å². The lowest BCUT2D eigenvalue weighted by molar-refractivity contribution is -0.136. The number of aryl methyl sites for hydroxylation is 2. The lowest BCUT2D eigenvalue weighted by Crippen LogP contribution is -2.51. The summed E-state index contributed by atoms with van der Waals surface area (Å²) in [5, 5.41) is 7.03. The van der Waals surface area contributed by atoms with E-state index in [-0.39, 0.29) is 18.4 Å². The smallest absolute Gasteiger partial charge is 0.254 e. The number of aromatic nitrogens is 2. The van der Waals surface area contributed by atoms with Crippen molar-refractivity contribution in [3.8, 4) is 0 Å². The molecule has 26 heavy (non-hydrogen) atoms. The van der Waals surface area contributed by atoms with Gasteiger partial charge in [0.2, 0.25) is 0 Å². The first-order valence-electron chi connectivity index (χ1n) is 8.70. The van der Waals surface area contributed by atoms with Gasteiger partial charge in [-0.25, -0.2) is 0 Å². The number of hydrogen-bond acceptors (Lipinski definition) is 4. The molecule has 1 aliphatic heterocycles. The second-order valence-corrected chi connectivity index (χ2v) is 6.51. The van der Waals surface area contributed by atoms with Gasteiger partial charge in [0.1, 0.15) is 0 Å². The summed E-state index contributed by atoms with van der Waals surface area (Å²) in [5.41, 5.74) is 3.68. The Morgan fingerprint density at radius 1 is 1.31 bits per heavy atom. The third-order valence-corrected chi connectivity index (χ3v) is 4.50. The summed E-state index contributed by atoms with van der Waals surface area (Å²) in [4.78, 5) is 26.3. The number of rotatable bonds is 4. The summed E-state index contributed by atoms with van der Waals surface area (Å²) in [6.07, 6.45) is -0.615. The minimum atomic E-state index is -0.615. The molecule has 1 saturated heterocycles. The molecular formula is C19H24N4O3. The molecule has 0 unspecified atom stereocenters. The van der Waals surface area contributed by atoms with E-state index >= 15 is 0 Å². The lowest BCUT2D eigenvalue weighted by atomic mass is 10.1. The average molecular weight is 356 g/mol. The minimum Gasteiger partial charge on any atom is -0.365 e. The molecule has 1 aliphatic rings. The molecule has 1 atom stereocenters. The monoisotopic (exact) mass is 356 g/mol. The third-order valence-electron chi connectivity index (χ3n) is 4.50. The van der Waals surface area contributed by atoms with E-state index in [0.29, 0.717) is 25.3 Å². The number of likely N-dealkylation sites (N-methyl/N-ethyl adjacent to an activating group) is 1. The molecule has 0 saturated carbocycles. The molecule has 2 amide bonds. The molecule has 7 nitrogen and oxygen atoms in total. The topological polar surface area (TPSA) is 76.5 Å². The van der Waals surface area contributed by atoms with Crippen LogP contribution in [-0.2, 0) is 16.1 Å². The Hall–Kier alpha value is -2.67. The van der Waals surface area contributed by atoms with Gasteiger partial charge < -0.3 is 15.0 Å². The Morgan fingerprint density at radius 2 is 2.12 bits per heavy atom. The standard InChI is InChI=1S/C19H24N4O3/c1-13-9-14(2)23(21-13)11-15-5-4-6-16(10-15)19(25)22-7-8-26-17(12-22)18(24)20-3/h4-6,9-10,17H,7-8,11-12H2,1-3H3,(H,20,24)/t17-/m0/s1. The first-order valence-corrected chi connectivity index (χ1v) is 8.70. The summed E-state index contributed by atoms with van der Waals surface area (Å²) in [7, 11) is 1.56. The Bertz CT molecular complexity index is 815. The molecule has 2 aromatic rings. The second kappa shape index (κ2) is 7.70. The molecule has 0 bridgehead atoms. The van der Waals surface area contributed by atoms with Crippen LogP contribution in [0.5, 0.6) is 0 Å². The van der Waals surface area contributed by atoms with E-state index in [2.05, 4.69) is 10.4 Å². The van der Waals surface area contributed by atoms with Crippen LogP contribution in [0, 0.1) is 13.8 Å². The van der Waals surface area contributed by atoms with E-state index in [1.54, 1.807) is 18.0 Å². The van der Waals surface area contributed by atoms with Crippen LogP contribution in [0.2, 0.25) is 0 Å². The molecule has 138 valence electrons. The van der Waals surface area contributed by atoms with Crippen molar-refractivity contribution in [2.24, 2.45) is 0 Å². The maximum Gasteiger partial charge on any atom is 0.254 e. The first kappa shape index (κ1) is 18.1. The Balaban J connectivity index is 1.73. The molecule has 0 radical (unpaired) electrons. The highest BCUT2D eigenvalue weighted by atomic mass is 16.5. The molecule has 1 aromatic carbocycles. The number of carbonyl (C=O) groups excluding carboxylic acids is 2. The number of benzene rings is 1. The van der Waals surface area contributed by atoms with Crippen molar-refractivity contribution in [3.05, 3.63) is 52.8 Å². The Labute approximate surface area is 152 Å². The first-order chi connectivity index (χ1) is 12.5. The summed E-state index contributed by atoms with van der Waals surface area (Å²) >= 11 is 0. The van der Waals surface area contributed by atoms with Gasteiger partial charge in [-0.15, -0.1) is 0 Å². The van der Waals surface area contributed by atoms with E-state index < -0.39 is 6.10 Å². The number of nitrogens with one attached hydrogen (secondary N) is 1. The zero-order chi connectivity index (χ0) is 18.7. The van der Waals surface area contributed by atoms with E-state index in [1.165, 1.54) is 0 Å². The summed E-state index contributed by atoms with van der Waals surface area (Å²) in [5.74, 6) is -0.293. The Morgan fingerprint density at radius 3 is 2.81 bits per heavy atom. The van der Waals surface area contributed by atoms with Crippen LogP contribution in [0.1, 0.15) is 27.3 Å². The van der Waals surface area contributed by atoms with Crippen LogP contribution < -0.4 is 5.32 Å². The van der Waals surface area contributed by atoms with E-state index in [1.807, 2.05) is 42.8 Å². The molecule has 7 heteroatoms. The number of ether oxygens (including phenoxy) is 1. The number of nitrogens with zero attached hydrogens (tertiary/aromatic N) is 3. The van der Waals surface area contributed by atoms with Gasteiger partial charge in [0.05, 0.1) is 25.4 Å². The fraction of sp³-hybridized carbons (Fsp3) is 0.421. The SMILES string of the molecule is CNC(=O)[C@@H]1CN(C(=O)c2cccc(Cn3nc(C)cc3C)c2)CCO1. The molecule has 1 aromatic heterocycles. The Kier molecular flexibility index (Phi) is 5.37. The van der Waals surface area contributed by atoms with Crippen LogP contribution in [0.3, 0.4) is 0 Å². The van der Waals surface area contributed by atoms with Crippen LogP contribution in [-0.4, -0.2) is 59.3 Å². The van der Waals surface area contributed by atoms with Gasteiger partial charge in [-0.1, -0.05) is 12.1 Å². The lowest BCUT2D eigenvalue weighted by Gasteiger charge is -2.32. The predicted octanol–water partition coefficient (Wildman–Crippen LogP) is 1.14. The fourth-order valence-electron chi connectivity index (χ4n) is 3.15. The summed E-state index contributed by atoms with van der Waals surface area (Å²) < 4.78 is 7.37. The van der Waals surface area contributed by atoms with Crippen LogP contribution in [0.15, 0.2) is 30.3 Å². The number of hydrogen-bond donors (Lipinski definition) is 1. The zero-order valence-corrected chi connectivity index (χ0v) is 15.4. The molecule has 2 heterocycles. The van der Waals surface area contributed by atoms with Crippen molar-refractivity contribution in [2.45, 2.75) is 26.5 Å². The maximum atomic E-state index is 12.8. The summed E-state index contributed by atoms with van der Waals surface area (Å²) in [6, 6.07) is 9.59.